The van der Waals surface area contributed by atoms with E-state index in [0.29, 0.717) is 12.2 Å². The van der Waals surface area contributed by atoms with Gasteiger partial charge in [0.2, 0.25) is 0 Å². The number of aliphatic hydroxyl groups is 1. The average molecular weight is 269 g/mol. The van der Waals surface area contributed by atoms with Crippen LogP contribution in [0.5, 0.6) is 0 Å². The molecule has 2 aliphatic carbocycles. The summed E-state index contributed by atoms with van der Waals surface area (Å²) >= 11 is 0. The Morgan fingerprint density at radius 1 is 0.842 bits per heavy atom. The van der Waals surface area contributed by atoms with Crippen LogP contribution in [0.2, 0.25) is 0 Å². The molecule has 1 heterocycles. The summed E-state index contributed by atoms with van der Waals surface area (Å²) in [6.45, 7) is 3.92. The van der Waals surface area contributed by atoms with E-state index < -0.39 is 0 Å². The molecule has 3 aliphatic rings. The van der Waals surface area contributed by atoms with Gasteiger partial charge in [-0.15, -0.1) is 0 Å². The third-order valence-electron chi connectivity index (χ3n) is 4.91. The highest BCUT2D eigenvalue weighted by atomic mass is 16.5. The standard InChI is InChI=1S/C15H27NO3/c17-13-7-14(8-13)18-3-1-11-5-12(6-11)2-4-19-15-9-16-10-15/h11-17H,1-10H2. The zero-order valence-corrected chi connectivity index (χ0v) is 11.7. The molecule has 1 saturated heterocycles. The Kier molecular flexibility index (Phi) is 4.74. The van der Waals surface area contributed by atoms with E-state index in [2.05, 4.69) is 5.32 Å². The van der Waals surface area contributed by atoms with Crippen LogP contribution in [0.25, 0.3) is 0 Å². The minimum Gasteiger partial charge on any atom is -0.393 e. The van der Waals surface area contributed by atoms with Crippen molar-refractivity contribution in [1.82, 2.24) is 5.32 Å². The topological polar surface area (TPSA) is 50.7 Å². The maximum absolute atomic E-state index is 9.17. The highest BCUT2D eigenvalue weighted by Crippen LogP contribution is 2.38. The molecule has 3 fully saturated rings. The third kappa shape index (κ3) is 3.91. The van der Waals surface area contributed by atoms with Crippen LogP contribution in [-0.4, -0.2) is 49.7 Å². The Balaban J connectivity index is 1.13. The van der Waals surface area contributed by atoms with E-state index in [1.807, 2.05) is 0 Å². The van der Waals surface area contributed by atoms with Crippen LogP contribution < -0.4 is 5.32 Å². The van der Waals surface area contributed by atoms with Gasteiger partial charge in [-0.3, -0.25) is 0 Å². The normalized spacial score (nSPS) is 38.4. The SMILES string of the molecule is OC1CC(OCCC2CC(CCOC3CNC3)C2)C1. The van der Waals surface area contributed by atoms with Gasteiger partial charge in [0.15, 0.2) is 0 Å². The summed E-state index contributed by atoms with van der Waals surface area (Å²) in [7, 11) is 0. The fraction of sp³-hybridized carbons (Fsp3) is 1.00. The van der Waals surface area contributed by atoms with Gasteiger partial charge in [-0.1, -0.05) is 0 Å². The Morgan fingerprint density at radius 2 is 1.42 bits per heavy atom. The molecule has 0 spiro atoms. The fourth-order valence-corrected chi connectivity index (χ4v) is 3.20. The van der Waals surface area contributed by atoms with Gasteiger partial charge in [-0.2, -0.15) is 0 Å². The molecule has 0 aromatic rings. The second-order valence-electron chi connectivity index (χ2n) is 6.55. The summed E-state index contributed by atoms with van der Waals surface area (Å²) in [5.74, 6) is 1.77. The van der Waals surface area contributed by atoms with Crippen LogP contribution in [0.15, 0.2) is 0 Å². The molecular formula is C15H27NO3. The molecule has 4 heteroatoms. The first-order valence-electron chi connectivity index (χ1n) is 7.91. The van der Waals surface area contributed by atoms with Gasteiger partial charge in [0, 0.05) is 26.3 Å². The number of nitrogens with one attached hydrogen (secondary N) is 1. The largest absolute Gasteiger partial charge is 0.393 e. The lowest BCUT2D eigenvalue weighted by Gasteiger charge is -2.37. The second kappa shape index (κ2) is 6.53. The van der Waals surface area contributed by atoms with Crippen LogP contribution in [0, 0.1) is 11.8 Å². The number of aliphatic hydroxyl groups excluding tert-OH is 1. The maximum atomic E-state index is 9.17. The minimum absolute atomic E-state index is 0.0936. The first-order chi connectivity index (χ1) is 9.29. The summed E-state index contributed by atoms with van der Waals surface area (Å²) in [6, 6.07) is 0. The van der Waals surface area contributed by atoms with Crippen molar-refractivity contribution in [2.24, 2.45) is 11.8 Å². The Morgan fingerprint density at radius 3 is 1.89 bits per heavy atom. The summed E-state index contributed by atoms with van der Waals surface area (Å²) < 4.78 is 11.5. The molecular weight excluding hydrogens is 242 g/mol. The van der Waals surface area contributed by atoms with Crippen LogP contribution in [0.4, 0.5) is 0 Å². The van der Waals surface area contributed by atoms with Crippen molar-refractivity contribution in [3.63, 3.8) is 0 Å². The van der Waals surface area contributed by atoms with Crippen molar-refractivity contribution in [1.29, 1.82) is 0 Å². The summed E-state index contributed by atoms with van der Waals surface area (Å²) in [6.07, 6.45) is 7.60. The van der Waals surface area contributed by atoms with E-state index >= 15 is 0 Å². The predicted molar refractivity (Wildman–Crippen MR) is 73.0 cm³/mol. The third-order valence-corrected chi connectivity index (χ3v) is 4.91. The summed E-state index contributed by atoms with van der Waals surface area (Å²) in [4.78, 5) is 0. The fourth-order valence-electron chi connectivity index (χ4n) is 3.20. The molecule has 0 amide bonds. The van der Waals surface area contributed by atoms with Crippen molar-refractivity contribution in [2.75, 3.05) is 26.3 Å². The van der Waals surface area contributed by atoms with Gasteiger partial charge < -0.3 is 19.9 Å². The number of ether oxygens (including phenoxy) is 2. The van der Waals surface area contributed by atoms with Gasteiger partial charge in [0.25, 0.3) is 0 Å². The Labute approximate surface area is 115 Å². The van der Waals surface area contributed by atoms with Crippen molar-refractivity contribution < 1.29 is 14.6 Å². The predicted octanol–water partition coefficient (Wildman–Crippen LogP) is 1.32. The Bertz CT molecular complexity index is 271. The van der Waals surface area contributed by atoms with Crippen molar-refractivity contribution in [2.45, 2.75) is 56.8 Å². The molecule has 0 bridgehead atoms. The first kappa shape index (κ1) is 13.8. The molecule has 110 valence electrons. The number of hydrogen-bond acceptors (Lipinski definition) is 4. The molecule has 2 N–H and O–H groups in total. The summed E-state index contributed by atoms with van der Waals surface area (Å²) in [5, 5.41) is 12.4. The molecule has 0 unspecified atom stereocenters. The molecule has 0 radical (unpaired) electrons. The lowest BCUT2D eigenvalue weighted by Crippen LogP contribution is -2.48. The number of rotatable bonds is 8. The van der Waals surface area contributed by atoms with E-state index in [0.717, 1.165) is 51.0 Å². The lowest BCUT2D eigenvalue weighted by molar-refractivity contribution is -0.0769. The van der Waals surface area contributed by atoms with E-state index in [1.54, 1.807) is 0 Å². The first-order valence-corrected chi connectivity index (χ1v) is 7.91. The van der Waals surface area contributed by atoms with Crippen molar-refractivity contribution in [3.8, 4) is 0 Å². The van der Waals surface area contributed by atoms with Gasteiger partial charge in [0.05, 0.1) is 18.3 Å². The van der Waals surface area contributed by atoms with Gasteiger partial charge in [-0.25, -0.2) is 0 Å². The number of hydrogen-bond donors (Lipinski definition) is 2. The van der Waals surface area contributed by atoms with Gasteiger partial charge >= 0.3 is 0 Å². The van der Waals surface area contributed by atoms with E-state index in [1.165, 1.54) is 25.7 Å². The highest BCUT2D eigenvalue weighted by Gasteiger charge is 2.31. The molecule has 2 saturated carbocycles. The zero-order chi connectivity index (χ0) is 13.1. The van der Waals surface area contributed by atoms with Crippen LogP contribution in [0.1, 0.15) is 38.5 Å². The molecule has 1 aliphatic heterocycles. The minimum atomic E-state index is -0.0936. The highest BCUT2D eigenvalue weighted by molar-refractivity contribution is 4.82. The monoisotopic (exact) mass is 269 g/mol. The van der Waals surface area contributed by atoms with E-state index in [-0.39, 0.29) is 6.10 Å². The van der Waals surface area contributed by atoms with E-state index in [4.69, 9.17) is 14.6 Å². The smallest absolute Gasteiger partial charge is 0.0823 e. The van der Waals surface area contributed by atoms with Crippen LogP contribution >= 0.6 is 0 Å². The molecule has 3 rings (SSSR count). The maximum Gasteiger partial charge on any atom is 0.0823 e. The summed E-state index contributed by atoms with van der Waals surface area (Å²) in [5.41, 5.74) is 0. The van der Waals surface area contributed by atoms with Crippen LogP contribution in [-0.2, 0) is 9.47 Å². The van der Waals surface area contributed by atoms with Gasteiger partial charge in [0.1, 0.15) is 0 Å². The quantitative estimate of drug-likeness (QED) is 0.698. The Hall–Kier alpha value is -0.160. The molecule has 0 aromatic heterocycles. The molecule has 0 atom stereocenters. The van der Waals surface area contributed by atoms with Gasteiger partial charge in [-0.05, 0) is 50.4 Å². The van der Waals surface area contributed by atoms with Crippen LogP contribution in [0.3, 0.4) is 0 Å². The lowest BCUT2D eigenvalue weighted by atomic mass is 9.72. The second-order valence-corrected chi connectivity index (χ2v) is 6.55. The zero-order valence-electron chi connectivity index (χ0n) is 11.7. The molecule has 19 heavy (non-hydrogen) atoms. The van der Waals surface area contributed by atoms with E-state index in [9.17, 15) is 0 Å². The van der Waals surface area contributed by atoms with Crippen molar-refractivity contribution in [3.05, 3.63) is 0 Å². The average Bonchev–Trinajstić information content (AvgIpc) is 2.24. The van der Waals surface area contributed by atoms with Crippen molar-refractivity contribution >= 4 is 0 Å². The molecule has 0 aromatic carbocycles. The molecule has 4 nitrogen and oxygen atoms in total.